The van der Waals surface area contributed by atoms with Crippen LogP contribution in [0.3, 0.4) is 0 Å². The lowest BCUT2D eigenvalue weighted by atomic mass is 9.90. The molecule has 2 aliphatic rings. The standard InChI is InChI=1S/C13H24N2O2S/c1-16-9-4-7-14-13(18)15-8-10-17-12-6-3-2-5-11(12)15/h11-12H,2-10H2,1H3,(H,14,18). The molecule has 4 nitrogen and oxygen atoms in total. The number of nitrogens with one attached hydrogen (secondary N) is 1. The third-order valence-electron chi connectivity index (χ3n) is 3.79. The Kier molecular flexibility index (Phi) is 5.66. The SMILES string of the molecule is COCCCNC(=S)N1CCOC2CCCCC21. The number of morpholine rings is 1. The highest BCUT2D eigenvalue weighted by atomic mass is 32.1. The number of rotatable bonds is 4. The van der Waals surface area contributed by atoms with E-state index in [4.69, 9.17) is 21.7 Å². The summed E-state index contributed by atoms with van der Waals surface area (Å²) in [5, 5.41) is 4.24. The Balaban J connectivity index is 1.80. The molecule has 18 heavy (non-hydrogen) atoms. The molecule has 1 aliphatic heterocycles. The second-order valence-electron chi connectivity index (χ2n) is 5.03. The number of thiocarbonyl (C=S) groups is 1. The van der Waals surface area contributed by atoms with Crippen LogP contribution < -0.4 is 5.32 Å². The van der Waals surface area contributed by atoms with Gasteiger partial charge in [0.15, 0.2) is 5.11 Å². The van der Waals surface area contributed by atoms with Crippen LogP contribution in [-0.4, -0.2) is 55.6 Å². The van der Waals surface area contributed by atoms with E-state index in [1.807, 2.05) is 0 Å². The Morgan fingerprint density at radius 2 is 2.28 bits per heavy atom. The zero-order chi connectivity index (χ0) is 12.8. The molecule has 1 aliphatic carbocycles. The summed E-state index contributed by atoms with van der Waals surface area (Å²) in [6.07, 6.45) is 6.38. The monoisotopic (exact) mass is 272 g/mol. The predicted octanol–water partition coefficient (Wildman–Crippen LogP) is 1.54. The minimum absolute atomic E-state index is 0.395. The van der Waals surface area contributed by atoms with Gasteiger partial charge in [-0.05, 0) is 31.5 Å². The zero-order valence-electron chi connectivity index (χ0n) is 11.2. The summed E-state index contributed by atoms with van der Waals surface area (Å²) in [6, 6.07) is 0.495. The highest BCUT2D eigenvalue weighted by Crippen LogP contribution is 2.28. The maximum Gasteiger partial charge on any atom is 0.169 e. The van der Waals surface area contributed by atoms with E-state index in [2.05, 4.69) is 10.2 Å². The summed E-state index contributed by atoms with van der Waals surface area (Å²) in [6.45, 7) is 3.41. The van der Waals surface area contributed by atoms with Crippen LogP contribution >= 0.6 is 12.2 Å². The van der Waals surface area contributed by atoms with Crippen molar-refractivity contribution in [2.45, 2.75) is 44.2 Å². The van der Waals surface area contributed by atoms with Gasteiger partial charge in [-0.3, -0.25) is 0 Å². The molecule has 0 aromatic heterocycles. The van der Waals surface area contributed by atoms with E-state index >= 15 is 0 Å². The molecule has 1 N–H and O–H groups in total. The van der Waals surface area contributed by atoms with Gasteiger partial charge in [-0.25, -0.2) is 0 Å². The Bertz CT molecular complexity index is 274. The molecule has 0 spiro atoms. The largest absolute Gasteiger partial charge is 0.385 e. The maximum atomic E-state index is 5.86. The first-order chi connectivity index (χ1) is 8.83. The lowest BCUT2D eigenvalue weighted by molar-refractivity contribution is -0.0638. The van der Waals surface area contributed by atoms with Gasteiger partial charge in [0.05, 0.1) is 18.8 Å². The van der Waals surface area contributed by atoms with Crippen LogP contribution in [0.15, 0.2) is 0 Å². The number of hydrogen-bond acceptors (Lipinski definition) is 3. The minimum atomic E-state index is 0.395. The summed E-state index contributed by atoms with van der Waals surface area (Å²) < 4.78 is 10.9. The van der Waals surface area contributed by atoms with Crippen molar-refractivity contribution in [3.05, 3.63) is 0 Å². The average molecular weight is 272 g/mol. The van der Waals surface area contributed by atoms with E-state index in [-0.39, 0.29) is 0 Å². The molecule has 2 unspecified atom stereocenters. The van der Waals surface area contributed by atoms with Crippen LogP contribution in [0.2, 0.25) is 0 Å². The van der Waals surface area contributed by atoms with Gasteiger partial charge in [-0.1, -0.05) is 12.8 Å². The van der Waals surface area contributed by atoms with Gasteiger partial charge >= 0.3 is 0 Å². The molecule has 1 heterocycles. The van der Waals surface area contributed by atoms with Gasteiger partial charge in [0.1, 0.15) is 0 Å². The van der Waals surface area contributed by atoms with E-state index in [0.29, 0.717) is 12.1 Å². The Morgan fingerprint density at radius 3 is 3.11 bits per heavy atom. The van der Waals surface area contributed by atoms with E-state index < -0.39 is 0 Å². The van der Waals surface area contributed by atoms with Gasteiger partial charge in [-0.2, -0.15) is 0 Å². The first-order valence-corrected chi connectivity index (χ1v) is 7.39. The lowest BCUT2D eigenvalue weighted by Crippen LogP contribution is -2.57. The van der Waals surface area contributed by atoms with E-state index in [1.54, 1.807) is 7.11 Å². The fourth-order valence-corrected chi connectivity index (χ4v) is 3.19. The third kappa shape index (κ3) is 3.56. The molecule has 0 amide bonds. The lowest BCUT2D eigenvalue weighted by Gasteiger charge is -2.45. The van der Waals surface area contributed by atoms with E-state index in [9.17, 15) is 0 Å². The quantitative estimate of drug-likeness (QED) is 0.620. The fourth-order valence-electron chi connectivity index (χ4n) is 2.86. The molecular formula is C13H24N2O2S. The summed E-state index contributed by atoms with van der Waals surface area (Å²) in [5.41, 5.74) is 0. The highest BCUT2D eigenvalue weighted by Gasteiger charge is 2.35. The van der Waals surface area contributed by atoms with Crippen LogP contribution in [0.4, 0.5) is 0 Å². The van der Waals surface area contributed by atoms with Crippen molar-refractivity contribution >= 4 is 17.3 Å². The second-order valence-corrected chi connectivity index (χ2v) is 5.42. The summed E-state index contributed by atoms with van der Waals surface area (Å²) in [5.74, 6) is 0. The molecule has 1 saturated heterocycles. The molecule has 0 radical (unpaired) electrons. The van der Waals surface area contributed by atoms with Crippen molar-refractivity contribution in [1.82, 2.24) is 10.2 Å². The smallest absolute Gasteiger partial charge is 0.169 e. The van der Waals surface area contributed by atoms with Gasteiger partial charge in [0.2, 0.25) is 0 Å². The summed E-state index contributed by atoms with van der Waals surface area (Å²) in [7, 11) is 1.73. The highest BCUT2D eigenvalue weighted by molar-refractivity contribution is 7.80. The predicted molar refractivity (Wildman–Crippen MR) is 75.8 cm³/mol. The third-order valence-corrected chi connectivity index (χ3v) is 4.17. The van der Waals surface area contributed by atoms with Crippen molar-refractivity contribution in [2.75, 3.05) is 33.4 Å². The van der Waals surface area contributed by atoms with Gasteiger partial charge < -0.3 is 19.7 Å². The van der Waals surface area contributed by atoms with Crippen LogP contribution in [0, 0.1) is 0 Å². The van der Waals surface area contributed by atoms with Crippen molar-refractivity contribution in [2.24, 2.45) is 0 Å². The number of hydrogen-bond donors (Lipinski definition) is 1. The summed E-state index contributed by atoms with van der Waals surface area (Å²) in [4.78, 5) is 2.34. The van der Waals surface area contributed by atoms with E-state index in [1.165, 1.54) is 25.7 Å². The maximum absolute atomic E-state index is 5.86. The molecule has 0 aromatic carbocycles. The summed E-state index contributed by atoms with van der Waals surface area (Å²) >= 11 is 5.51. The van der Waals surface area contributed by atoms with Crippen molar-refractivity contribution in [3.63, 3.8) is 0 Å². The van der Waals surface area contributed by atoms with E-state index in [0.717, 1.165) is 37.8 Å². The zero-order valence-corrected chi connectivity index (χ0v) is 12.0. The number of nitrogens with zero attached hydrogens (tertiary/aromatic N) is 1. The van der Waals surface area contributed by atoms with Crippen LogP contribution in [0.25, 0.3) is 0 Å². The Labute approximate surface area is 115 Å². The minimum Gasteiger partial charge on any atom is -0.385 e. The second kappa shape index (κ2) is 7.26. The molecule has 2 atom stereocenters. The topological polar surface area (TPSA) is 33.7 Å². The average Bonchev–Trinajstić information content (AvgIpc) is 2.43. The number of methoxy groups -OCH3 is 1. The van der Waals surface area contributed by atoms with Crippen LogP contribution in [0.1, 0.15) is 32.1 Å². The van der Waals surface area contributed by atoms with Crippen LogP contribution in [-0.2, 0) is 9.47 Å². The van der Waals surface area contributed by atoms with Crippen molar-refractivity contribution < 1.29 is 9.47 Å². The van der Waals surface area contributed by atoms with Gasteiger partial charge in [0.25, 0.3) is 0 Å². The molecule has 2 rings (SSSR count). The van der Waals surface area contributed by atoms with Crippen molar-refractivity contribution in [1.29, 1.82) is 0 Å². The molecule has 1 saturated carbocycles. The first kappa shape index (κ1) is 14.0. The molecule has 5 heteroatoms. The van der Waals surface area contributed by atoms with Gasteiger partial charge in [0, 0.05) is 26.8 Å². The number of fused-ring (bicyclic) bond motifs is 1. The Hall–Kier alpha value is -0.390. The fraction of sp³-hybridized carbons (Fsp3) is 0.923. The van der Waals surface area contributed by atoms with Crippen molar-refractivity contribution in [3.8, 4) is 0 Å². The molecule has 0 aromatic rings. The number of ether oxygens (including phenoxy) is 2. The van der Waals surface area contributed by atoms with Crippen LogP contribution in [0.5, 0.6) is 0 Å². The molecule has 0 bridgehead atoms. The van der Waals surface area contributed by atoms with Gasteiger partial charge in [-0.15, -0.1) is 0 Å². The Morgan fingerprint density at radius 1 is 1.44 bits per heavy atom. The molecule has 104 valence electrons. The molecular weight excluding hydrogens is 248 g/mol. The molecule has 2 fully saturated rings. The normalized spacial score (nSPS) is 27.7. The first-order valence-electron chi connectivity index (χ1n) is 6.98.